The molecule has 0 spiro atoms. The summed E-state index contributed by atoms with van der Waals surface area (Å²) in [4.78, 5) is 10.5. The number of nitrogens with two attached hydrogens (primary N) is 1. The van der Waals surface area contributed by atoms with Gasteiger partial charge in [0.2, 0.25) is 0 Å². The molecule has 1 aliphatic rings. The predicted molar refractivity (Wildman–Crippen MR) is 40.8 cm³/mol. The smallest absolute Gasteiger partial charge is 0.325 e. The van der Waals surface area contributed by atoms with Gasteiger partial charge in [0, 0.05) is 0 Å². The Bertz CT molecular complexity index is 176. The molecule has 0 aromatic rings. The van der Waals surface area contributed by atoms with Crippen molar-refractivity contribution in [2.24, 2.45) is 5.73 Å². The molecule has 0 bridgehead atoms. The van der Waals surface area contributed by atoms with Gasteiger partial charge in [-0.25, -0.2) is 0 Å². The predicted octanol–water partition coefficient (Wildman–Crippen LogP) is -0.796. The summed E-state index contributed by atoms with van der Waals surface area (Å²) < 4.78 is 10.0. The second-order valence-electron chi connectivity index (χ2n) is 3.19. The molecule has 5 nitrogen and oxygen atoms in total. The number of carbonyl (C=O) groups is 1. The van der Waals surface area contributed by atoms with Crippen LogP contribution in [-0.4, -0.2) is 42.5 Å². The SMILES string of the molecule is CC(N)(COC1COC1)C(=O)O. The molecule has 0 saturated carbocycles. The Kier molecular flexibility index (Phi) is 2.66. The number of aliphatic carboxylic acids is 1. The van der Waals surface area contributed by atoms with E-state index in [1.54, 1.807) is 0 Å². The summed E-state index contributed by atoms with van der Waals surface area (Å²) in [5, 5.41) is 8.61. The van der Waals surface area contributed by atoms with Crippen LogP contribution < -0.4 is 5.73 Å². The summed E-state index contributed by atoms with van der Waals surface area (Å²) in [6.45, 7) is 2.52. The van der Waals surface area contributed by atoms with Crippen LogP contribution in [0.3, 0.4) is 0 Å². The van der Waals surface area contributed by atoms with Crippen LogP contribution in [0.5, 0.6) is 0 Å². The zero-order chi connectivity index (χ0) is 9.19. The molecule has 1 fully saturated rings. The lowest BCUT2D eigenvalue weighted by Crippen LogP contribution is -2.51. The number of hydrogen-bond acceptors (Lipinski definition) is 4. The second-order valence-corrected chi connectivity index (χ2v) is 3.19. The van der Waals surface area contributed by atoms with Crippen LogP contribution in [0.25, 0.3) is 0 Å². The van der Waals surface area contributed by atoms with E-state index in [1.807, 2.05) is 0 Å². The fourth-order valence-electron chi connectivity index (χ4n) is 0.663. The van der Waals surface area contributed by atoms with E-state index in [4.69, 9.17) is 20.3 Å². The third-order valence-electron chi connectivity index (χ3n) is 1.71. The zero-order valence-corrected chi connectivity index (χ0v) is 6.95. The normalized spacial score (nSPS) is 22.8. The van der Waals surface area contributed by atoms with Gasteiger partial charge in [0.05, 0.1) is 19.8 Å². The molecule has 1 aliphatic heterocycles. The maximum absolute atomic E-state index is 10.5. The average molecular weight is 175 g/mol. The van der Waals surface area contributed by atoms with Crippen LogP contribution in [0.2, 0.25) is 0 Å². The van der Waals surface area contributed by atoms with Crippen LogP contribution in [0.4, 0.5) is 0 Å². The topological polar surface area (TPSA) is 81.8 Å². The molecule has 0 aromatic carbocycles. The first-order valence-electron chi connectivity index (χ1n) is 3.74. The minimum Gasteiger partial charge on any atom is -0.480 e. The van der Waals surface area contributed by atoms with Crippen molar-refractivity contribution in [1.82, 2.24) is 0 Å². The van der Waals surface area contributed by atoms with Crippen molar-refractivity contribution in [3.63, 3.8) is 0 Å². The van der Waals surface area contributed by atoms with E-state index in [0.29, 0.717) is 13.2 Å². The molecule has 0 amide bonds. The van der Waals surface area contributed by atoms with Crippen molar-refractivity contribution in [3.8, 4) is 0 Å². The third-order valence-corrected chi connectivity index (χ3v) is 1.71. The molecular formula is C7H13NO4. The van der Waals surface area contributed by atoms with Gasteiger partial charge in [0.15, 0.2) is 0 Å². The van der Waals surface area contributed by atoms with E-state index in [0.717, 1.165) is 0 Å². The summed E-state index contributed by atoms with van der Waals surface area (Å²) in [5.74, 6) is -1.05. The zero-order valence-electron chi connectivity index (χ0n) is 6.95. The highest BCUT2D eigenvalue weighted by atomic mass is 16.6. The van der Waals surface area contributed by atoms with Gasteiger partial charge in [-0.3, -0.25) is 4.79 Å². The summed E-state index contributed by atoms with van der Waals surface area (Å²) in [6, 6.07) is 0. The molecule has 1 atom stereocenters. The van der Waals surface area contributed by atoms with Gasteiger partial charge < -0.3 is 20.3 Å². The Labute approximate surface area is 70.4 Å². The Morgan fingerprint density at radius 2 is 2.42 bits per heavy atom. The number of carboxylic acid groups (broad SMARTS) is 1. The highest BCUT2D eigenvalue weighted by molar-refractivity contribution is 5.77. The molecule has 1 rings (SSSR count). The standard InChI is InChI=1S/C7H13NO4/c1-7(8,6(9)10)4-12-5-2-11-3-5/h5H,2-4,8H2,1H3,(H,9,10). The van der Waals surface area contributed by atoms with Crippen molar-refractivity contribution in [2.45, 2.75) is 18.6 Å². The Morgan fingerprint density at radius 1 is 1.83 bits per heavy atom. The largest absolute Gasteiger partial charge is 0.480 e. The van der Waals surface area contributed by atoms with Gasteiger partial charge in [-0.15, -0.1) is 0 Å². The molecule has 3 N–H and O–H groups in total. The fourth-order valence-corrected chi connectivity index (χ4v) is 0.663. The Morgan fingerprint density at radius 3 is 2.75 bits per heavy atom. The molecule has 0 radical (unpaired) electrons. The van der Waals surface area contributed by atoms with Crippen molar-refractivity contribution >= 4 is 5.97 Å². The van der Waals surface area contributed by atoms with Gasteiger partial charge in [0.1, 0.15) is 11.6 Å². The molecule has 1 saturated heterocycles. The fraction of sp³-hybridized carbons (Fsp3) is 0.857. The van der Waals surface area contributed by atoms with E-state index < -0.39 is 11.5 Å². The summed E-state index contributed by atoms with van der Waals surface area (Å²) in [5.41, 5.74) is 4.13. The van der Waals surface area contributed by atoms with Crippen molar-refractivity contribution < 1.29 is 19.4 Å². The van der Waals surface area contributed by atoms with Gasteiger partial charge in [-0.1, -0.05) is 0 Å². The van der Waals surface area contributed by atoms with Crippen LogP contribution in [-0.2, 0) is 14.3 Å². The van der Waals surface area contributed by atoms with Crippen molar-refractivity contribution in [1.29, 1.82) is 0 Å². The number of rotatable bonds is 4. The van der Waals surface area contributed by atoms with Crippen LogP contribution >= 0.6 is 0 Å². The van der Waals surface area contributed by atoms with E-state index >= 15 is 0 Å². The Balaban J connectivity index is 2.24. The molecule has 5 heteroatoms. The highest BCUT2D eigenvalue weighted by Gasteiger charge is 2.31. The first-order chi connectivity index (χ1) is 5.52. The number of ether oxygens (including phenoxy) is 2. The maximum Gasteiger partial charge on any atom is 0.325 e. The molecule has 70 valence electrons. The highest BCUT2D eigenvalue weighted by Crippen LogP contribution is 2.08. The first kappa shape index (κ1) is 9.44. The summed E-state index contributed by atoms with van der Waals surface area (Å²) in [7, 11) is 0. The van der Waals surface area contributed by atoms with Gasteiger partial charge in [-0.05, 0) is 6.92 Å². The number of carboxylic acids is 1. The molecule has 1 heterocycles. The lowest BCUT2D eigenvalue weighted by atomic mass is 10.1. The molecule has 1 unspecified atom stereocenters. The minimum absolute atomic E-state index is 0.0206. The maximum atomic E-state index is 10.5. The first-order valence-corrected chi connectivity index (χ1v) is 3.74. The third kappa shape index (κ3) is 2.17. The molecule has 0 aromatic heterocycles. The average Bonchev–Trinajstić information content (AvgIpc) is 1.83. The van der Waals surface area contributed by atoms with E-state index in [1.165, 1.54) is 6.92 Å². The van der Waals surface area contributed by atoms with E-state index in [-0.39, 0.29) is 12.7 Å². The quantitative estimate of drug-likeness (QED) is 0.584. The van der Waals surface area contributed by atoms with Gasteiger partial charge >= 0.3 is 5.97 Å². The summed E-state index contributed by atoms with van der Waals surface area (Å²) >= 11 is 0. The van der Waals surface area contributed by atoms with Crippen molar-refractivity contribution in [2.75, 3.05) is 19.8 Å². The lowest BCUT2D eigenvalue weighted by molar-refractivity contribution is -0.157. The van der Waals surface area contributed by atoms with Gasteiger partial charge in [-0.2, -0.15) is 0 Å². The number of hydrogen-bond donors (Lipinski definition) is 2. The molecular weight excluding hydrogens is 162 g/mol. The monoisotopic (exact) mass is 175 g/mol. The van der Waals surface area contributed by atoms with E-state index in [9.17, 15) is 4.79 Å². The van der Waals surface area contributed by atoms with Crippen LogP contribution in [0.1, 0.15) is 6.92 Å². The summed E-state index contributed by atoms with van der Waals surface area (Å²) in [6.07, 6.45) is 0.0206. The Hall–Kier alpha value is -0.650. The van der Waals surface area contributed by atoms with Crippen LogP contribution in [0, 0.1) is 0 Å². The minimum atomic E-state index is -1.30. The molecule has 12 heavy (non-hydrogen) atoms. The van der Waals surface area contributed by atoms with Gasteiger partial charge in [0.25, 0.3) is 0 Å². The van der Waals surface area contributed by atoms with Crippen molar-refractivity contribution in [3.05, 3.63) is 0 Å². The van der Waals surface area contributed by atoms with Crippen LogP contribution in [0.15, 0.2) is 0 Å². The second kappa shape index (κ2) is 3.38. The van der Waals surface area contributed by atoms with E-state index in [2.05, 4.69) is 0 Å². The molecule has 0 aliphatic carbocycles. The lowest BCUT2D eigenvalue weighted by Gasteiger charge is -2.29.